The average molecular weight is 312 g/mol. The molecule has 2 heterocycles. The Morgan fingerprint density at radius 3 is 2.53 bits per heavy atom. The first-order valence-electron chi connectivity index (χ1n) is 6.77. The molecule has 3 atom stereocenters. The van der Waals surface area contributed by atoms with Crippen molar-refractivity contribution in [2.24, 2.45) is 5.92 Å². The number of carbonyl (C=O) groups is 1. The molecule has 0 radical (unpaired) electrons. The summed E-state index contributed by atoms with van der Waals surface area (Å²) in [6.45, 7) is 5.22. The lowest BCUT2D eigenvalue weighted by molar-refractivity contribution is -0.136. The van der Waals surface area contributed by atoms with Crippen LogP contribution in [0.3, 0.4) is 0 Å². The van der Waals surface area contributed by atoms with Crippen LogP contribution in [0, 0.1) is 5.92 Å². The molecular formula is C13H27Cl2N3O. The Kier molecular flexibility index (Phi) is 8.29. The van der Waals surface area contributed by atoms with E-state index in [0.717, 1.165) is 38.9 Å². The highest BCUT2D eigenvalue weighted by Crippen LogP contribution is 2.22. The first-order valence-corrected chi connectivity index (χ1v) is 6.77. The first-order chi connectivity index (χ1) is 8.09. The molecule has 2 aliphatic heterocycles. The van der Waals surface area contributed by atoms with E-state index in [1.807, 2.05) is 11.9 Å². The van der Waals surface area contributed by atoms with Gasteiger partial charge in [-0.2, -0.15) is 0 Å². The number of likely N-dealkylation sites (tertiary alicyclic amines) is 1. The van der Waals surface area contributed by atoms with Gasteiger partial charge in [0.25, 0.3) is 0 Å². The van der Waals surface area contributed by atoms with Crippen LogP contribution in [0.1, 0.15) is 26.2 Å². The fraction of sp³-hybridized carbons (Fsp3) is 0.923. The predicted octanol–water partition coefficient (Wildman–Crippen LogP) is 1.38. The molecule has 0 aromatic carbocycles. The Bertz CT molecular complexity index is 285. The van der Waals surface area contributed by atoms with E-state index in [0.29, 0.717) is 18.0 Å². The number of rotatable bonds is 2. The summed E-state index contributed by atoms with van der Waals surface area (Å²) in [6, 6.07) is 1.03. The summed E-state index contributed by atoms with van der Waals surface area (Å²) in [7, 11) is 4.16. The Hall–Kier alpha value is -0.0300. The van der Waals surface area contributed by atoms with E-state index in [4.69, 9.17) is 0 Å². The molecule has 19 heavy (non-hydrogen) atoms. The van der Waals surface area contributed by atoms with Crippen LogP contribution in [-0.4, -0.2) is 61.5 Å². The van der Waals surface area contributed by atoms with Crippen molar-refractivity contribution >= 4 is 30.7 Å². The quantitative estimate of drug-likeness (QED) is 0.837. The summed E-state index contributed by atoms with van der Waals surface area (Å²) in [5, 5.41) is 3.27. The molecule has 0 aromatic heterocycles. The van der Waals surface area contributed by atoms with Crippen LogP contribution >= 0.6 is 24.8 Å². The van der Waals surface area contributed by atoms with Crippen molar-refractivity contribution in [2.75, 3.05) is 33.7 Å². The van der Waals surface area contributed by atoms with Gasteiger partial charge in [-0.15, -0.1) is 24.8 Å². The largest absolute Gasteiger partial charge is 0.342 e. The standard InChI is InChI=1S/C13H25N3O.2ClH/c1-10-8-12(5-7-15(10)2)16(3)13(17)11-4-6-14-9-11;;/h10-12,14H,4-9H2,1-3H3;2*1H. The molecule has 2 aliphatic rings. The van der Waals surface area contributed by atoms with E-state index in [1.54, 1.807) is 0 Å². The molecule has 0 saturated carbocycles. The maximum Gasteiger partial charge on any atom is 0.227 e. The second-order valence-corrected chi connectivity index (χ2v) is 5.65. The number of hydrogen-bond acceptors (Lipinski definition) is 3. The van der Waals surface area contributed by atoms with Gasteiger partial charge in [-0.05, 0) is 39.8 Å². The highest BCUT2D eigenvalue weighted by Gasteiger charge is 2.32. The van der Waals surface area contributed by atoms with Crippen LogP contribution in [-0.2, 0) is 4.79 Å². The minimum Gasteiger partial charge on any atom is -0.342 e. The van der Waals surface area contributed by atoms with E-state index in [2.05, 4.69) is 24.2 Å². The summed E-state index contributed by atoms with van der Waals surface area (Å²) in [6.07, 6.45) is 3.23. The van der Waals surface area contributed by atoms with Gasteiger partial charge in [0.1, 0.15) is 0 Å². The lowest BCUT2D eigenvalue weighted by Gasteiger charge is -2.40. The zero-order chi connectivity index (χ0) is 12.4. The number of amides is 1. The number of piperidine rings is 1. The van der Waals surface area contributed by atoms with Crippen LogP contribution in [0.5, 0.6) is 0 Å². The van der Waals surface area contributed by atoms with E-state index in [1.165, 1.54) is 0 Å². The van der Waals surface area contributed by atoms with Gasteiger partial charge in [0.2, 0.25) is 5.91 Å². The van der Waals surface area contributed by atoms with Gasteiger partial charge in [-0.1, -0.05) is 0 Å². The maximum atomic E-state index is 12.3. The molecule has 0 aliphatic carbocycles. The number of hydrogen-bond donors (Lipinski definition) is 1. The molecule has 0 bridgehead atoms. The molecule has 114 valence electrons. The van der Waals surface area contributed by atoms with Crippen molar-refractivity contribution in [3.63, 3.8) is 0 Å². The lowest BCUT2D eigenvalue weighted by atomic mass is 9.96. The Morgan fingerprint density at radius 2 is 2.00 bits per heavy atom. The fourth-order valence-electron chi connectivity index (χ4n) is 2.95. The normalized spacial score (nSPS) is 31.2. The zero-order valence-electron chi connectivity index (χ0n) is 12.1. The van der Waals surface area contributed by atoms with Crippen molar-refractivity contribution in [1.29, 1.82) is 0 Å². The third kappa shape index (κ3) is 4.48. The van der Waals surface area contributed by atoms with Gasteiger partial charge in [-0.25, -0.2) is 0 Å². The number of halogens is 2. The summed E-state index contributed by atoms with van der Waals surface area (Å²) in [4.78, 5) is 16.7. The fourth-order valence-corrected chi connectivity index (χ4v) is 2.95. The summed E-state index contributed by atoms with van der Waals surface area (Å²) >= 11 is 0. The summed E-state index contributed by atoms with van der Waals surface area (Å²) < 4.78 is 0. The van der Waals surface area contributed by atoms with E-state index < -0.39 is 0 Å². The van der Waals surface area contributed by atoms with Gasteiger partial charge in [0.15, 0.2) is 0 Å². The van der Waals surface area contributed by atoms with Crippen molar-refractivity contribution in [3.8, 4) is 0 Å². The molecule has 1 N–H and O–H groups in total. The second-order valence-electron chi connectivity index (χ2n) is 5.65. The Labute approximate surface area is 129 Å². The summed E-state index contributed by atoms with van der Waals surface area (Å²) in [5.41, 5.74) is 0. The van der Waals surface area contributed by atoms with Crippen molar-refractivity contribution < 1.29 is 4.79 Å². The maximum absolute atomic E-state index is 12.3. The Morgan fingerprint density at radius 1 is 1.32 bits per heavy atom. The minimum absolute atomic E-state index is 0. The Balaban J connectivity index is 0.00000162. The van der Waals surface area contributed by atoms with Crippen LogP contribution in [0.15, 0.2) is 0 Å². The molecule has 2 saturated heterocycles. The van der Waals surface area contributed by atoms with Crippen molar-refractivity contribution in [2.45, 2.75) is 38.3 Å². The molecule has 0 spiro atoms. The van der Waals surface area contributed by atoms with Gasteiger partial charge >= 0.3 is 0 Å². The molecular weight excluding hydrogens is 285 g/mol. The van der Waals surface area contributed by atoms with Gasteiger partial charge in [-0.3, -0.25) is 4.79 Å². The molecule has 2 rings (SSSR count). The highest BCUT2D eigenvalue weighted by atomic mass is 35.5. The SMILES string of the molecule is CC1CC(N(C)C(=O)C2CCNC2)CCN1C.Cl.Cl. The van der Waals surface area contributed by atoms with E-state index in [9.17, 15) is 4.79 Å². The van der Waals surface area contributed by atoms with Crippen molar-refractivity contribution in [1.82, 2.24) is 15.1 Å². The van der Waals surface area contributed by atoms with Crippen LogP contribution in [0.25, 0.3) is 0 Å². The van der Waals surface area contributed by atoms with Gasteiger partial charge in [0.05, 0.1) is 5.92 Å². The molecule has 6 heteroatoms. The third-order valence-corrected chi connectivity index (χ3v) is 4.49. The third-order valence-electron chi connectivity index (χ3n) is 4.49. The first kappa shape index (κ1) is 19.0. The minimum atomic E-state index is 0. The second kappa shape index (κ2) is 8.30. The monoisotopic (exact) mass is 311 g/mol. The summed E-state index contributed by atoms with van der Waals surface area (Å²) in [5.74, 6) is 0.562. The van der Waals surface area contributed by atoms with Crippen LogP contribution in [0.2, 0.25) is 0 Å². The smallest absolute Gasteiger partial charge is 0.227 e. The number of nitrogens with one attached hydrogen (secondary N) is 1. The zero-order valence-corrected chi connectivity index (χ0v) is 13.7. The highest BCUT2D eigenvalue weighted by molar-refractivity contribution is 5.85. The van der Waals surface area contributed by atoms with Crippen LogP contribution in [0.4, 0.5) is 0 Å². The molecule has 2 fully saturated rings. The molecule has 3 unspecified atom stereocenters. The molecule has 0 aromatic rings. The van der Waals surface area contributed by atoms with Gasteiger partial charge < -0.3 is 15.1 Å². The molecule has 4 nitrogen and oxygen atoms in total. The van der Waals surface area contributed by atoms with Gasteiger partial charge in [0, 0.05) is 32.2 Å². The van der Waals surface area contributed by atoms with Crippen molar-refractivity contribution in [3.05, 3.63) is 0 Å². The topological polar surface area (TPSA) is 35.6 Å². The molecule has 1 amide bonds. The predicted molar refractivity (Wildman–Crippen MR) is 83.4 cm³/mol. The number of nitrogens with zero attached hydrogens (tertiary/aromatic N) is 2. The number of carbonyl (C=O) groups excluding carboxylic acids is 1. The van der Waals surface area contributed by atoms with E-state index >= 15 is 0 Å². The van der Waals surface area contributed by atoms with Crippen LogP contribution < -0.4 is 5.32 Å². The average Bonchev–Trinajstić information content (AvgIpc) is 2.84. The van der Waals surface area contributed by atoms with E-state index in [-0.39, 0.29) is 30.7 Å². The lowest BCUT2D eigenvalue weighted by Crippen LogP contribution is -2.49.